The Kier molecular flexibility index (Phi) is 6.01. The van der Waals surface area contributed by atoms with Gasteiger partial charge in [0, 0.05) is 44.4 Å². The van der Waals surface area contributed by atoms with Crippen LogP contribution >= 0.6 is 11.6 Å². The molecule has 1 aliphatic rings. The molecule has 28 heavy (non-hydrogen) atoms. The average Bonchev–Trinajstić information content (AvgIpc) is 3.13. The Hall–Kier alpha value is -2.43. The van der Waals surface area contributed by atoms with Crippen LogP contribution in [0.2, 0.25) is 5.02 Å². The maximum Gasteiger partial charge on any atom is 0.341 e. The summed E-state index contributed by atoms with van der Waals surface area (Å²) in [5, 5.41) is 4.32. The Morgan fingerprint density at radius 2 is 1.79 bits per heavy atom. The SMILES string of the molecule is Cn1cc(C(=O)OCC(=O)N2CCN(S(=O)(=O)c3ccc(Cl)cc3)CC2)cn1. The number of sulfonamides is 1. The number of hydrogen-bond donors (Lipinski definition) is 0. The molecule has 0 spiro atoms. The molecule has 1 aromatic carbocycles. The summed E-state index contributed by atoms with van der Waals surface area (Å²) in [6.07, 6.45) is 2.85. The van der Waals surface area contributed by atoms with Gasteiger partial charge in [0.2, 0.25) is 10.0 Å². The lowest BCUT2D eigenvalue weighted by atomic mass is 10.3. The molecule has 0 aliphatic carbocycles. The predicted octanol–water partition coefficient (Wildman–Crippen LogP) is 0.763. The van der Waals surface area contributed by atoms with Crippen molar-refractivity contribution >= 4 is 33.5 Å². The van der Waals surface area contributed by atoms with E-state index in [0.717, 1.165) is 0 Å². The van der Waals surface area contributed by atoms with Crippen LogP contribution in [-0.4, -0.2) is 72.1 Å². The maximum atomic E-state index is 12.7. The Morgan fingerprint density at radius 3 is 2.36 bits per heavy atom. The minimum atomic E-state index is -3.65. The number of nitrogens with zero attached hydrogens (tertiary/aromatic N) is 4. The van der Waals surface area contributed by atoms with Crippen LogP contribution in [0.4, 0.5) is 0 Å². The lowest BCUT2D eigenvalue weighted by molar-refractivity contribution is -0.135. The first-order valence-electron chi connectivity index (χ1n) is 8.46. The van der Waals surface area contributed by atoms with E-state index < -0.39 is 22.6 Å². The molecule has 150 valence electrons. The molecule has 0 saturated carbocycles. The summed E-state index contributed by atoms with van der Waals surface area (Å²) in [7, 11) is -1.98. The minimum absolute atomic E-state index is 0.155. The van der Waals surface area contributed by atoms with Crippen molar-refractivity contribution in [1.82, 2.24) is 19.0 Å². The van der Waals surface area contributed by atoms with Gasteiger partial charge in [0.25, 0.3) is 5.91 Å². The quantitative estimate of drug-likeness (QED) is 0.654. The van der Waals surface area contributed by atoms with E-state index in [1.54, 1.807) is 7.05 Å². The van der Waals surface area contributed by atoms with Crippen LogP contribution in [0.1, 0.15) is 10.4 Å². The normalized spacial score (nSPS) is 15.4. The Bertz CT molecular complexity index is 966. The maximum absolute atomic E-state index is 12.7. The van der Waals surface area contributed by atoms with E-state index >= 15 is 0 Å². The van der Waals surface area contributed by atoms with Crippen LogP contribution in [0, 0.1) is 0 Å². The van der Waals surface area contributed by atoms with Crippen LogP contribution in [0.5, 0.6) is 0 Å². The van der Waals surface area contributed by atoms with E-state index in [0.29, 0.717) is 5.02 Å². The number of carbonyl (C=O) groups is 2. The van der Waals surface area contributed by atoms with Crippen LogP contribution in [-0.2, 0) is 26.6 Å². The number of ether oxygens (including phenoxy) is 1. The lowest BCUT2D eigenvalue weighted by Crippen LogP contribution is -2.51. The van der Waals surface area contributed by atoms with Crippen molar-refractivity contribution in [3.05, 3.63) is 47.2 Å². The van der Waals surface area contributed by atoms with Crippen LogP contribution in [0.15, 0.2) is 41.6 Å². The monoisotopic (exact) mass is 426 g/mol. The number of hydrogen-bond acceptors (Lipinski definition) is 6. The first kappa shape index (κ1) is 20.3. The molecule has 0 atom stereocenters. The summed E-state index contributed by atoms with van der Waals surface area (Å²) in [6.45, 7) is 0.352. The first-order valence-corrected chi connectivity index (χ1v) is 10.3. The zero-order valence-corrected chi connectivity index (χ0v) is 16.7. The number of aromatic nitrogens is 2. The van der Waals surface area contributed by atoms with Gasteiger partial charge in [0.1, 0.15) is 0 Å². The highest BCUT2D eigenvalue weighted by Gasteiger charge is 2.30. The molecule has 1 fully saturated rings. The second-order valence-corrected chi connectivity index (χ2v) is 8.59. The summed E-state index contributed by atoms with van der Waals surface area (Å²) in [4.78, 5) is 25.7. The number of rotatable bonds is 5. The zero-order valence-electron chi connectivity index (χ0n) is 15.1. The Morgan fingerprint density at radius 1 is 1.14 bits per heavy atom. The number of halogens is 1. The van der Waals surface area contributed by atoms with Gasteiger partial charge in [0.15, 0.2) is 6.61 Å². The van der Waals surface area contributed by atoms with Crippen molar-refractivity contribution < 1.29 is 22.7 Å². The van der Waals surface area contributed by atoms with Gasteiger partial charge >= 0.3 is 5.97 Å². The second kappa shape index (κ2) is 8.29. The third-order valence-electron chi connectivity index (χ3n) is 4.31. The third-order valence-corrected chi connectivity index (χ3v) is 6.47. The van der Waals surface area contributed by atoms with E-state index in [1.165, 1.54) is 50.5 Å². The number of piperazine rings is 1. The molecular weight excluding hydrogens is 408 g/mol. The summed E-state index contributed by atoms with van der Waals surface area (Å²) in [6, 6.07) is 5.94. The molecule has 0 N–H and O–H groups in total. The number of benzene rings is 1. The van der Waals surface area contributed by atoms with Crippen molar-refractivity contribution in [1.29, 1.82) is 0 Å². The molecule has 1 aliphatic heterocycles. The van der Waals surface area contributed by atoms with Gasteiger partial charge < -0.3 is 9.64 Å². The fourth-order valence-electron chi connectivity index (χ4n) is 2.76. The Balaban J connectivity index is 1.52. The highest BCUT2D eigenvalue weighted by molar-refractivity contribution is 7.89. The van der Waals surface area contributed by atoms with Crippen molar-refractivity contribution in [2.75, 3.05) is 32.8 Å². The molecule has 11 heteroatoms. The van der Waals surface area contributed by atoms with Gasteiger partial charge in [-0.2, -0.15) is 9.40 Å². The standard InChI is InChI=1S/C17H19ClN4O5S/c1-20-11-13(10-19-20)17(24)27-12-16(23)21-6-8-22(9-7-21)28(25,26)15-4-2-14(18)3-5-15/h2-5,10-11H,6-9,12H2,1H3. The predicted molar refractivity (Wildman–Crippen MR) is 100 cm³/mol. The zero-order chi connectivity index (χ0) is 20.3. The smallest absolute Gasteiger partial charge is 0.341 e. The van der Waals surface area contributed by atoms with Gasteiger partial charge in [-0.1, -0.05) is 11.6 Å². The molecule has 0 radical (unpaired) electrons. The van der Waals surface area contributed by atoms with E-state index in [4.69, 9.17) is 16.3 Å². The van der Waals surface area contributed by atoms with Crippen LogP contribution in [0.3, 0.4) is 0 Å². The highest BCUT2D eigenvalue weighted by Crippen LogP contribution is 2.20. The van der Waals surface area contributed by atoms with Crippen molar-refractivity contribution in [2.24, 2.45) is 7.05 Å². The molecule has 2 aromatic rings. The molecule has 1 aromatic heterocycles. The van der Waals surface area contributed by atoms with Crippen molar-refractivity contribution in [3.8, 4) is 0 Å². The lowest BCUT2D eigenvalue weighted by Gasteiger charge is -2.33. The first-order chi connectivity index (χ1) is 13.3. The van der Waals surface area contributed by atoms with Gasteiger partial charge in [-0.15, -0.1) is 0 Å². The van der Waals surface area contributed by atoms with E-state index in [9.17, 15) is 18.0 Å². The molecule has 0 unspecified atom stereocenters. The van der Waals surface area contributed by atoms with Crippen LogP contribution in [0.25, 0.3) is 0 Å². The summed E-state index contributed by atoms with van der Waals surface area (Å²) < 4.78 is 33.1. The Labute approximate surface area is 167 Å². The van der Waals surface area contributed by atoms with E-state index in [2.05, 4.69) is 5.10 Å². The van der Waals surface area contributed by atoms with Gasteiger partial charge in [-0.05, 0) is 24.3 Å². The van der Waals surface area contributed by atoms with Gasteiger partial charge in [-0.3, -0.25) is 9.48 Å². The van der Waals surface area contributed by atoms with Gasteiger partial charge in [0.05, 0.1) is 16.7 Å². The summed E-state index contributed by atoms with van der Waals surface area (Å²) in [5.41, 5.74) is 0.258. The number of carbonyl (C=O) groups excluding carboxylic acids is 2. The van der Waals surface area contributed by atoms with Crippen molar-refractivity contribution in [2.45, 2.75) is 4.90 Å². The largest absolute Gasteiger partial charge is 0.452 e. The third kappa shape index (κ3) is 4.51. The van der Waals surface area contributed by atoms with E-state index in [-0.39, 0.29) is 42.5 Å². The molecular formula is C17H19ClN4O5S. The minimum Gasteiger partial charge on any atom is -0.452 e. The highest BCUT2D eigenvalue weighted by atomic mass is 35.5. The summed E-state index contributed by atoms with van der Waals surface area (Å²) in [5.74, 6) is -1.01. The summed E-state index contributed by atoms with van der Waals surface area (Å²) >= 11 is 5.80. The number of aryl methyl sites for hydroxylation is 1. The van der Waals surface area contributed by atoms with E-state index in [1.807, 2.05) is 0 Å². The molecule has 1 amide bonds. The molecule has 1 saturated heterocycles. The van der Waals surface area contributed by atoms with Crippen LogP contribution < -0.4 is 0 Å². The second-order valence-electron chi connectivity index (χ2n) is 6.22. The topological polar surface area (TPSA) is 102 Å². The number of esters is 1. The van der Waals surface area contributed by atoms with Crippen molar-refractivity contribution in [3.63, 3.8) is 0 Å². The fraction of sp³-hybridized carbons (Fsp3) is 0.353. The van der Waals surface area contributed by atoms with Gasteiger partial charge in [-0.25, -0.2) is 13.2 Å². The molecule has 2 heterocycles. The number of amides is 1. The average molecular weight is 427 g/mol. The molecule has 0 bridgehead atoms. The molecule has 3 rings (SSSR count). The molecule has 9 nitrogen and oxygen atoms in total. The fourth-order valence-corrected chi connectivity index (χ4v) is 4.31.